The summed E-state index contributed by atoms with van der Waals surface area (Å²) in [7, 11) is 1.38. The normalized spacial score (nSPS) is 14.7. The third-order valence-electron chi connectivity index (χ3n) is 4.83. The Kier molecular flexibility index (Phi) is 5.59. The van der Waals surface area contributed by atoms with Crippen LogP contribution in [0.5, 0.6) is 0 Å². The molecule has 1 aliphatic rings. The predicted molar refractivity (Wildman–Crippen MR) is 97.8 cm³/mol. The van der Waals surface area contributed by atoms with Crippen LogP contribution >= 0.6 is 0 Å². The van der Waals surface area contributed by atoms with E-state index in [1.54, 1.807) is 11.8 Å². The second-order valence-electron chi connectivity index (χ2n) is 6.59. The van der Waals surface area contributed by atoms with Gasteiger partial charge in [0.2, 0.25) is 11.6 Å². The highest BCUT2D eigenvalue weighted by Gasteiger charge is 2.23. The van der Waals surface area contributed by atoms with Crippen molar-refractivity contribution in [3.8, 4) is 0 Å². The summed E-state index contributed by atoms with van der Waals surface area (Å²) < 4.78 is 12.2. The van der Waals surface area contributed by atoms with Crippen molar-refractivity contribution < 1.29 is 13.9 Å². The number of hydrogen-bond donors (Lipinski definition) is 0. The summed E-state index contributed by atoms with van der Waals surface area (Å²) in [4.78, 5) is 51.9. The highest BCUT2D eigenvalue weighted by Crippen LogP contribution is 2.13. The first-order valence-corrected chi connectivity index (χ1v) is 9.05. The monoisotopic (exact) mass is 377 g/mol. The minimum absolute atomic E-state index is 0.125. The number of piperidine rings is 1. The maximum Gasteiger partial charge on any atom is 0.337 e. The molecule has 1 saturated heterocycles. The van der Waals surface area contributed by atoms with Crippen molar-refractivity contribution in [3.05, 3.63) is 42.9 Å². The summed E-state index contributed by atoms with van der Waals surface area (Å²) in [6.07, 6.45) is 3.30. The van der Waals surface area contributed by atoms with Gasteiger partial charge in [-0.25, -0.2) is 18.7 Å². The van der Waals surface area contributed by atoms with E-state index in [1.807, 2.05) is 0 Å². The summed E-state index contributed by atoms with van der Waals surface area (Å²) in [6.45, 7) is 2.50. The number of amides is 1. The van der Waals surface area contributed by atoms with Crippen molar-refractivity contribution in [3.63, 3.8) is 0 Å². The molecule has 2 aromatic rings. The molecule has 146 valence electrons. The Morgan fingerprint density at radius 3 is 2.48 bits per heavy atom. The molecule has 0 bridgehead atoms. The van der Waals surface area contributed by atoms with E-state index in [1.165, 1.54) is 13.2 Å². The zero-order valence-electron chi connectivity index (χ0n) is 15.5. The van der Waals surface area contributed by atoms with E-state index in [0.717, 1.165) is 28.4 Å². The molecule has 0 N–H and O–H groups in total. The van der Waals surface area contributed by atoms with Crippen molar-refractivity contribution in [2.45, 2.75) is 45.9 Å². The molecule has 9 heteroatoms. The Hall–Kier alpha value is -2.68. The lowest BCUT2D eigenvalue weighted by atomic mass is 10.1. The minimum atomic E-state index is -0.740. The first-order chi connectivity index (χ1) is 13.0. The Labute approximate surface area is 154 Å². The van der Waals surface area contributed by atoms with Gasteiger partial charge < -0.3 is 14.1 Å². The number of fused-ring (bicyclic) bond motifs is 1. The zero-order valence-corrected chi connectivity index (χ0v) is 15.5. The van der Waals surface area contributed by atoms with E-state index >= 15 is 0 Å². The van der Waals surface area contributed by atoms with Gasteiger partial charge in [-0.05, 0) is 31.2 Å². The van der Waals surface area contributed by atoms with Gasteiger partial charge in [0.15, 0.2) is 0 Å². The average molecular weight is 377 g/mol. The van der Waals surface area contributed by atoms with Crippen molar-refractivity contribution in [1.29, 1.82) is 0 Å². The Morgan fingerprint density at radius 1 is 1.15 bits per heavy atom. The lowest BCUT2D eigenvalue weighted by molar-refractivity contribution is -0.132. The molecule has 0 aliphatic carbocycles. The fraction of sp³-hybridized carbons (Fsp3) is 0.556. The van der Waals surface area contributed by atoms with Gasteiger partial charge in [-0.2, -0.15) is 0 Å². The van der Waals surface area contributed by atoms with Crippen LogP contribution in [0.15, 0.2) is 24.9 Å². The molecule has 1 aliphatic heterocycles. The number of carbonyl (C=O) groups excluding carboxylic acids is 1. The van der Waals surface area contributed by atoms with Gasteiger partial charge in [0.05, 0.1) is 0 Å². The second kappa shape index (κ2) is 7.91. The molecule has 0 unspecified atom stereocenters. The first kappa shape index (κ1) is 19.1. The van der Waals surface area contributed by atoms with E-state index in [4.69, 9.17) is 9.15 Å². The number of rotatable bonds is 5. The Bertz CT molecular complexity index is 1030. The van der Waals surface area contributed by atoms with E-state index in [9.17, 15) is 19.2 Å². The fourth-order valence-electron chi connectivity index (χ4n) is 3.44. The molecule has 27 heavy (non-hydrogen) atoms. The molecule has 0 spiro atoms. The Morgan fingerprint density at radius 2 is 1.85 bits per heavy atom. The molecule has 3 rings (SSSR count). The standard InChI is InChI=1S/C18H23N3O6/c1-3-12-9-14(23)27-17-15(12)16(24)20(18(25)21(17)11-26-2)10-13(22)19-7-5-4-6-8-19/h9H,3-8,10-11H2,1-2H3. The van der Waals surface area contributed by atoms with E-state index in [2.05, 4.69) is 0 Å². The molecule has 0 atom stereocenters. The molecular weight excluding hydrogens is 354 g/mol. The quantitative estimate of drug-likeness (QED) is 0.742. The van der Waals surface area contributed by atoms with Crippen LogP contribution in [-0.2, 0) is 29.2 Å². The number of aryl methyl sites for hydroxylation is 1. The zero-order chi connectivity index (χ0) is 19.6. The van der Waals surface area contributed by atoms with Crippen molar-refractivity contribution in [2.75, 3.05) is 20.2 Å². The lowest BCUT2D eigenvalue weighted by Gasteiger charge is -2.27. The van der Waals surface area contributed by atoms with Gasteiger partial charge in [0.1, 0.15) is 18.7 Å². The van der Waals surface area contributed by atoms with Crippen LogP contribution < -0.4 is 16.9 Å². The predicted octanol–water partition coefficient (Wildman–Crippen LogP) is 0.295. The van der Waals surface area contributed by atoms with E-state index < -0.39 is 16.9 Å². The highest BCUT2D eigenvalue weighted by atomic mass is 16.5. The second-order valence-corrected chi connectivity index (χ2v) is 6.59. The fourth-order valence-corrected chi connectivity index (χ4v) is 3.44. The number of aromatic nitrogens is 2. The molecular formula is C18H23N3O6. The SMILES string of the molecule is CCc1cc(=O)oc2c1c(=O)n(CC(=O)N1CCCCC1)c(=O)n2COC. The van der Waals surface area contributed by atoms with Crippen LogP contribution in [0.4, 0.5) is 0 Å². The van der Waals surface area contributed by atoms with Crippen LogP contribution in [0.1, 0.15) is 31.7 Å². The first-order valence-electron chi connectivity index (χ1n) is 9.05. The lowest BCUT2D eigenvalue weighted by Crippen LogP contribution is -2.46. The largest absolute Gasteiger partial charge is 0.405 e. The van der Waals surface area contributed by atoms with Gasteiger partial charge >= 0.3 is 11.3 Å². The minimum Gasteiger partial charge on any atom is -0.405 e. The Balaban J connectivity index is 2.19. The molecule has 0 radical (unpaired) electrons. The number of hydrogen-bond acceptors (Lipinski definition) is 6. The smallest absolute Gasteiger partial charge is 0.337 e. The van der Waals surface area contributed by atoms with Crippen LogP contribution in [0, 0.1) is 0 Å². The molecule has 1 fully saturated rings. The molecule has 9 nitrogen and oxygen atoms in total. The number of ether oxygens (including phenoxy) is 1. The van der Waals surface area contributed by atoms with Gasteiger partial charge in [0.25, 0.3) is 5.56 Å². The number of methoxy groups -OCH3 is 1. The highest BCUT2D eigenvalue weighted by molar-refractivity contribution is 5.78. The van der Waals surface area contributed by atoms with Crippen LogP contribution in [0.25, 0.3) is 11.1 Å². The number of nitrogens with zero attached hydrogens (tertiary/aromatic N) is 3. The van der Waals surface area contributed by atoms with Gasteiger partial charge in [-0.1, -0.05) is 6.92 Å². The summed E-state index contributed by atoms with van der Waals surface area (Å²) in [6, 6.07) is 1.24. The molecule has 2 aromatic heterocycles. The van der Waals surface area contributed by atoms with Crippen LogP contribution in [0.2, 0.25) is 0 Å². The van der Waals surface area contributed by atoms with Gasteiger partial charge in [0, 0.05) is 26.3 Å². The summed E-state index contributed by atoms with van der Waals surface area (Å²) >= 11 is 0. The summed E-state index contributed by atoms with van der Waals surface area (Å²) in [5, 5.41) is 0.125. The molecule has 1 amide bonds. The molecule has 0 saturated carbocycles. The van der Waals surface area contributed by atoms with Crippen molar-refractivity contribution in [1.82, 2.24) is 14.0 Å². The third-order valence-corrected chi connectivity index (χ3v) is 4.83. The average Bonchev–Trinajstić information content (AvgIpc) is 2.68. The third kappa shape index (κ3) is 3.59. The van der Waals surface area contributed by atoms with Crippen LogP contribution in [-0.4, -0.2) is 40.1 Å². The van der Waals surface area contributed by atoms with Crippen LogP contribution in [0.3, 0.4) is 0 Å². The van der Waals surface area contributed by atoms with E-state index in [-0.39, 0.29) is 30.3 Å². The molecule has 0 aromatic carbocycles. The summed E-state index contributed by atoms with van der Waals surface area (Å²) in [5.74, 6) is -0.271. The summed E-state index contributed by atoms with van der Waals surface area (Å²) in [5.41, 5.74) is -1.68. The van der Waals surface area contributed by atoms with Crippen molar-refractivity contribution >= 4 is 17.0 Å². The number of likely N-dealkylation sites (tertiary alicyclic amines) is 1. The number of carbonyl (C=O) groups is 1. The molecule has 3 heterocycles. The van der Waals surface area contributed by atoms with Gasteiger partial charge in [-0.15, -0.1) is 0 Å². The van der Waals surface area contributed by atoms with Crippen molar-refractivity contribution in [2.24, 2.45) is 0 Å². The van der Waals surface area contributed by atoms with E-state index in [0.29, 0.717) is 25.1 Å². The van der Waals surface area contributed by atoms with Gasteiger partial charge in [-0.3, -0.25) is 9.59 Å². The topological polar surface area (TPSA) is 104 Å². The maximum atomic E-state index is 13.0. The maximum absolute atomic E-state index is 13.0.